The number of rotatable bonds is 6. The summed E-state index contributed by atoms with van der Waals surface area (Å²) >= 11 is 7.06. The SMILES string of the molecule is CCCN1C(=O)N/C(=C/c2cc(Br)c(OCc3ccc(C)cc3)c(Br)c2)C1=O. The zero-order chi connectivity index (χ0) is 20.3. The minimum absolute atomic E-state index is 0.269. The predicted molar refractivity (Wildman–Crippen MR) is 116 cm³/mol. The number of carbonyl (C=O) groups excluding carboxylic acids is 2. The van der Waals surface area contributed by atoms with Gasteiger partial charge in [0.15, 0.2) is 0 Å². The molecule has 7 heteroatoms. The van der Waals surface area contributed by atoms with E-state index in [1.54, 1.807) is 6.08 Å². The quantitative estimate of drug-likeness (QED) is 0.420. The van der Waals surface area contributed by atoms with Gasteiger partial charge in [-0.1, -0.05) is 36.8 Å². The van der Waals surface area contributed by atoms with Crippen LogP contribution in [0.3, 0.4) is 0 Å². The molecule has 1 heterocycles. The lowest BCUT2D eigenvalue weighted by Crippen LogP contribution is -2.31. The Morgan fingerprint density at radius 1 is 1.11 bits per heavy atom. The van der Waals surface area contributed by atoms with Crippen LogP contribution in [0.5, 0.6) is 5.75 Å². The second-order valence-corrected chi connectivity index (χ2v) is 8.24. The van der Waals surface area contributed by atoms with Gasteiger partial charge in [-0.05, 0) is 74.5 Å². The van der Waals surface area contributed by atoms with Gasteiger partial charge in [-0.3, -0.25) is 9.69 Å². The Hall–Kier alpha value is -2.12. The van der Waals surface area contributed by atoms with Gasteiger partial charge in [0.25, 0.3) is 5.91 Å². The highest BCUT2D eigenvalue weighted by molar-refractivity contribution is 9.11. The molecule has 146 valence electrons. The predicted octanol–water partition coefficient (Wildman–Crippen LogP) is 5.40. The Morgan fingerprint density at radius 2 is 1.75 bits per heavy atom. The van der Waals surface area contributed by atoms with Gasteiger partial charge >= 0.3 is 6.03 Å². The van der Waals surface area contributed by atoms with Crippen molar-refractivity contribution in [3.05, 3.63) is 67.7 Å². The lowest BCUT2D eigenvalue weighted by atomic mass is 10.1. The highest BCUT2D eigenvalue weighted by atomic mass is 79.9. The second kappa shape index (κ2) is 8.92. The van der Waals surface area contributed by atoms with E-state index in [0.717, 1.165) is 26.5 Å². The van der Waals surface area contributed by atoms with Gasteiger partial charge in [0, 0.05) is 6.54 Å². The smallest absolute Gasteiger partial charge is 0.329 e. The Kier molecular flexibility index (Phi) is 6.57. The number of ether oxygens (including phenoxy) is 1. The molecular formula is C21H20Br2N2O3. The first-order valence-corrected chi connectivity index (χ1v) is 10.5. The summed E-state index contributed by atoms with van der Waals surface area (Å²) in [5, 5.41) is 2.63. The van der Waals surface area contributed by atoms with Crippen molar-refractivity contribution in [3.63, 3.8) is 0 Å². The molecule has 1 aliphatic heterocycles. The average Bonchev–Trinajstić information content (AvgIpc) is 2.90. The van der Waals surface area contributed by atoms with Gasteiger partial charge < -0.3 is 10.1 Å². The summed E-state index contributed by atoms with van der Waals surface area (Å²) < 4.78 is 7.45. The third-order valence-corrected chi connectivity index (χ3v) is 5.42. The zero-order valence-corrected chi connectivity index (χ0v) is 18.8. The molecule has 2 aromatic carbocycles. The lowest BCUT2D eigenvalue weighted by molar-refractivity contribution is -0.122. The summed E-state index contributed by atoms with van der Waals surface area (Å²) in [6.07, 6.45) is 2.38. The summed E-state index contributed by atoms with van der Waals surface area (Å²) in [5.41, 5.74) is 3.31. The molecule has 2 aromatic rings. The number of halogens is 2. The van der Waals surface area contributed by atoms with Gasteiger partial charge in [-0.2, -0.15) is 0 Å². The van der Waals surface area contributed by atoms with Crippen LogP contribution in [0.1, 0.15) is 30.0 Å². The lowest BCUT2D eigenvalue weighted by Gasteiger charge is -2.12. The summed E-state index contributed by atoms with van der Waals surface area (Å²) in [7, 11) is 0. The number of urea groups is 1. The maximum atomic E-state index is 12.4. The maximum Gasteiger partial charge on any atom is 0.329 e. The van der Waals surface area contributed by atoms with Gasteiger partial charge in [0.05, 0.1) is 8.95 Å². The fourth-order valence-corrected chi connectivity index (χ4v) is 4.26. The van der Waals surface area contributed by atoms with Gasteiger partial charge in [-0.15, -0.1) is 0 Å². The van der Waals surface area contributed by atoms with Crippen molar-refractivity contribution in [2.45, 2.75) is 26.9 Å². The molecule has 28 heavy (non-hydrogen) atoms. The number of hydrogen-bond acceptors (Lipinski definition) is 3. The largest absolute Gasteiger partial charge is 0.487 e. The minimum Gasteiger partial charge on any atom is -0.487 e. The molecule has 3 amide bonds. The first kappa shape index (κ1) is 20.6. The second-order valence-electron chi connectivity index (χ2n) is 6.53. The van der Waals surface area contributed by atoms with Crippen LogP contribution < -0.4 is 10.1 Å². The Balaban J connectivity index is 1.77. The van der Waals surface area contributed by atoms with Crippen molar-refractivity contribution in [2.75, 3.05) is 6.54 Å². The molecule has 0 saturated carbocycles. The maximum absolute atomic E-state index is 12.4. The van der Waals surface area contributed by atoms with Crippen LogP contribution in [-0.4, -0.2) is 23.4 Å². The Labute approximate surface area is 181 Å². The van der Waals surface area contributed by atoms with Crippen molar-refractivity contribution in [3.8, 4) is 5.75 Å². The zero-order valence-electron chi connectivity index (χ0n) is 15.6. The number of nitrogens with one attached hydrogen (secondary N) is 1. The molecule has 0 aromatic heterocycles. The van der Waals surface area contributed by atoms with Gasteiger partial charge in [0.1, 0.15) is 18.1 Å². The van der Waals surface area contributed by atoms with Crippen LogP contribution in [-0.2, 0) is 11.4 Å². The van der Waals surface area contributed by atoms with Gasteiger partial charge in [0.2, 0.25) is 0 Å². The first-order chi connectivity index (χ1) is 13.4. The summed E-state index contributed by atoms with van der Waals surface area (Å²) in [6.45, 7) is 4.81. The molecule has 1 N–H and O–H groups in total. The van der Waals surface area contributed by atoms with Crippen molar-refractivity contribution in [2.24, 2.45) is 0 Å². The number of nitrogens with zero attached hydrogens (tertiary/aromatic N) is 1. The van der Waals surface area contributed by atoms with Crippen molar-refractivity contribution in [1.29, 1.82) is 0 Å². The molecule has 1 saturated heterocycles. The average molecular weight is 508 g/mol. The monoisotopic (exact) mass is 506 g/mol. The summed E-state index contributed by atoms with van der Waals surface area (Å²) in [6, 6.07) is 11.5. The fraction of sp³-hybridized carbons (Fsp3) is 0.238. The normalized spacial score (nSPS) is 15.3. The number of imide groups is 1. The van der Waals surface area contributed by atoms with E-state index >= 15 is 0 Å². The van der Waals surface area contributed by atoms with E-state index in [1.165, 1.54) is 10.5 Å². The summed E-state index contributed by atoms with van der Waals surface area (Å²) in [5.74, 6) is 0.371. The van der Waals surface area contributed by atoms with Gasteiger partial charge in [-0.25, -0.2) is 4.79 Å². The molecule has 1 fully saturated rings. The Bertz CT molecular complexity index is 916. The molecule has 0 aliphatic carbocycles. The molecule has 5 nitrogen and oxygen atoms in total. The Morgan fingerprint density at radius 3 is 2.36 bits per heavy atom. The number of carbonyl (C=O) groups is 2. The summed E-state index contributed by atoms with van der Waals surface area (Å²) in [4.78, 5) is 25.5. The molecule has 3 rings (SSSR count). The standard InChI is InChI=1S/C21H20Br2N2O3/c1-3-8-25-20(26)18(24-21(25)27)11-15-9-16(22)19(17(23)10-15)28-12-14-6-4-13(2)5-7-14/h4-7,9-11H,3,8,12H2,1-2H3,(H,24,27)/b18-11+. The molecule has 1 aliphatic rings. The van der Waals surface area contributed by atoms with Crippen LogP contribution in [0.2, 0.25) is 0 Å². The van der Waals surface area contributed by atoms with Crippen LogP contribution in [0.4, 0.5) is 4.79 Å². The van der Waals surface area contributed by atoms with Crippen molar-refractivity contribution >= 4 is 49.9 Å². The molecular weight excluding hydrogens is 488 g/mol. The highest BCUT2D eigenvalue weighted by Gasteiger charge is 2.32. The van der Waals surface area contributed by atoms with E-state index in [4.69, 9.17) is 4.74 Å². The first-order valence-electron chi connectivity index (χ1n) is 8.91. The molecule has 0 atom stereocenters. The number of benzene rings is 2. The van der Waals surface area contributed by atoms with Crippen LogP contribution in [0.15, 0.2) is 51.0 Å². The molecule has 0 unspecified atom stereocenters. The molecule has 0 spiro atoms. The number of hydrogen-bond donors (Lipinski definition) is 1. The van der Waals surface area contributed by atoms with Crippen LogP contribution >= 0.6 is 31.9 Å². The number of amides is 3. The van der Waals surface area contributed by atoms with E-state index in [1.807, 2.05) is 50.2 Å². The highest BCUT2D eigenvalue weighted by Crippen LogP contribution is 2.36. The van der Waals surface area contributed by atoms with E-state index < -0.39 is 0 Å². The topological polar surface area (TPSA) is 58.6 Å². The van der Waals surface area contributed by atoms with Crippen molar-refractivity contribution in [1.82, 2.24) is 10.2 Å². The van der Waals surface area contributed by atoms with Crippen LogP contribution in [0.25, 0.3) is 6.08 Å². The van der Waals surface area contributed by atoms with E-state index in [2.05, 4.69) is 37.2 Å². The van der Waals surface area contributed by atoms with E-state index in [-0.39, 0.29) is 17.6 Å². The molecule has 0 radical (unpaired) electrons. The van der Waals surface area contributed by atoms with E-state index in [9.17, 15) is 9.59 Å². The minimum atomic E-state index is -0.380. The fourth-order valence-electron chi connectivity index (χ4n) is 2.81. The number of aryl methyl sites for hydroxylation is 1. The molecule has 0 bridgehead atoms. The third-order valence-electron chi connectivity index (χ3n) is 4.24. The van der Waals surface area contributed by atoms with Crippen molar-refractivity contribution < 1.29 is 14.3 Å². The third kappa shape index (κ3) is 4.64. The van der Waals surface area contributed by atoms with Crippen LogP contribution in [0, 0.1) is 6.92 Å². The van der Waals surface area contributed by atoms with E-state index in [0.29, 0.717) is 18.9 Å².